The maximum atomic E-state index is 12.6. The Bertz CT molecular complexity index is 789. The molecular formula is C22H27F3N2O2. The second-order valence-electron chi connectivity index (χ2n) is 7.57. The number of carbonyl (C=O) groups excluding carboxylic acids is 1. The van der Waals surface area contributed by atoms with Gasteiger partial charge in [0, 0.05) is 38.0 Å². The molecule has 1 amide bonds. The van der Waals surface area contributed by atoms with Crippen molar-refractivity contribution in [2.45, 2.75) is 32.4 Å². The summed E-state index contributed by atoms with van der Waals surface area (Å²) in [4.78, 5) is 15.7. The number of alkyl halides is 3. The van der Waals surface area contributed by atoms with E-state index >= 15 is 0 Å². The Labute approximate surface area is 169 Å². The Morgan fingerprint density at radius 1 is 1.21 bits per heavy atom. The summed E-state index contributed by atoms with van der Waals surface area (Å²) in [6.07, 6.45) is -2.58. The van der Waals surface area contributed by atoms with Crippen molar-refractivity contribution in [1.29, 1.82) is 0 Å². The van der Waals surface area contributed by atoms with E-state index in [0.717, 1.165) is 23.5 Å². The fourth-order valence-electron chi connectivity index (χ4n) is 3.79. The maximum Gasteiger partial charge on any atom is 0.401 e. The van der Waals surface area contributed by atoms with Crippen molar-refractivity contribution in [1.82, 2.24) is 9.80 Å². The summed E-state index contributed by atoms with van der Waals surface area (Å²) in [5, 5.41) is 0. The zero-order valence-corrected chi connectivity index (χ0v) is 16.6. The van der Waals surface area contributed by atoms with Crippen molar-refractivity contribution in [2.24, 2.45) is 5.92 Å². The lowest BCUT2D eigenvalue weighted by molar-refractivity contribution is -0.146. The van der Waals surface area contributed by atoms with Gasteiger partial charge in [-0.15, -0.1) is 0 Å². The standard InChI is InChI=1S/C22H27F3N2O2/c1-2-26(16-22(23,24)25)14-17-12-13-27(15-17)21(28)11-9-19-8-10-20(29-19)18-6-4-3-5-7-18/h3-8,10,17H,2,9,11-16H2,1H3/t17-/m0/s1. The summed E-state index contributed by atoms with van der Waals surface area (Å²) in [5.74, 6) is 1.66. The highest BCUT2D eigenvalue weighted by molar-refractivity contribution is 5.76. The van der Waals surface area contributed by atoms with Gasteiger partial charge in [0.2, 0.25) is 5.91 Å². The molecule has 1 aliphatic heterocycles. The van der Waals surface area contributed by atoms with Gasteiger partial charge in [-0.25, -0.2) is 0 Å². The first kappa shape index (κ1) is 21.4. The van der Waals surface area contributed by atoms with Crippen LogP contribution in [0, 0.1) is 5.92 Å². The minimum Gasteiger partial charge on any atom is -0.461 e. The van der Waals surface area contributed by atoms with Crippen LogP contribution in [0.25, 0.3) is 11.3 Å². The van der Waals surface area contributed by atoms with Crippen molar-refractivity contribution < 1.29 is 22.4 Å². The first-order chi connectivity index (χ1) is 13.8. The van der Waals surface area contributed by atoms with Gasteiger partial charge in [0.1, 0.15) is 11.5 Å². The molecule has 29 heavy (non-hydrogen) atoms. The first-order valence-corrected chi connectivity index (χ1v) is 10.0. The van der Waals surface area contributed by atoms with Crippen LogP contribution in [0.15, 0.2) is 46.9 Å². The van der Waals surface area contributed by atoms with Gasteiger partial charge in [-0.3, -0.25) is 9.69 Å². The van der Waals surface area contributed by atoms with Gasteiger partial charge in [-0.05, 0) is 31.0 Å². The predicted octanol–water partition coefficient (Wildman–Crippen LogP) is 4.61. The number of aryl methyl sites for hydroxylation is 1. The van der Waals surface area contributed by atoms with Crippen LogP contribution in [0.2, 0.25) is 0 Å². The average Bonchev–Trinajstić information content (AvgIpc) is 3.35. The molecule has 1 aliphatic rings. The Hall–Kier alpha value is -2.28. The largest absolute Gasteiger partial charge is 0.461 e. The third-order valence-corrected chi connectivity index (χ3v) is 5.31. The van der Waals surface area contributed by atoms with Crippen molar-refractivity contribution >= 4 is 5.91 Å². The molecule has 2 heterocycles. The molecule has 1 fully saturated rings. The molecule has 0 unspecified atom stereocenters. The Kier molecular flexibility index (Phi) is 7.00. The van der Waals surface area contributed by atoms with Gasteiger partial charge in [-0.1, -0.05) is 37.3 Å². The highest BCUT2D eigenvalue weighted by Crippen LogP contribution is 2.24. The summed E-state index contributed by atoms with van der Waals surface area (Å²) in [7, 11) is 0. The molecule has 1 saturated heterocycles. The lowest BCUT2D eigenvalue weighted by atomic mass is 10.1. The number of amides is 1. The van der Waals surface area contributed by atoms with E-state index in [0.29, 0.717) is 39.0 Å². The van der Waals surface area contributed by atoms with Gasteiger partial charge in [0.15, 0.2) is 0 Å². The number of hydrogen-bond donors (Lipinski definition) is 0. The van der Waals surface area contributed by atoms with Crippen molar-refractivity contribution in [3.05, 3.63) is 48.2 Å². The molecule has 1 aromatic carbocycles. The van der Waals surface area contributed by atoms with Gasteiger partial charge < -0.3 is 9.32 Å². The van der Waals surface area contributed by atoms with Gasteiger partial charge >= 0.3 is 6.18 Å². The van der Waals surface area contributed by atoms with Crippen LogP contribution in [0.3, 0.4) is 0 Å². The molecule has 1 atom stereocenters. The predicted molar refractivity (Wildman–Crippen MR) is 105 cm³/mol. The van der Waals surface area contributed by atoms with E-state index in [4.69, 9.17) is 4.42 Å². The van der Waals surface area contributed by atoms with E-state index in [1.165, 1.54) is 4.90 Å². The molecule has 1 aromatic heterocycles. The number of halogens is 3. The lowest BCUT2D eigenvalue weighted by Gasteiger charge is -2.25. The van der Waals surface area contributed by atoms with Crippen LogP contribution in [-0.2, 0) is 11.2 Å². The summed E-state index contributed by atoms with van der Waals surface area (Å²) in [6, 6.07) is 13.6. The van der Waals surface area contributed by atoms with E-state index in [9.17, 15) is 18.0 Å². The smallest absolute Gasteiger partial charge is 0.401 e. The molecule has 0 radical (unpaired) electrons. The van der Waals surface area contributed by atoms with E-state index in [2.05, 4.69) is 0 Å². The molecule has 3 rings (SSSR count). The second-order valence-corrected chi connectivity index (χ2v) is 7.57. The number of benzene rings is 1. The maximum absolute atomic E-state index is 12.6. The number of hydrogen-bond acceptors (Lipinski definition) is 3. The number of likely N-dealkylation sites (tertiary alicyclic amines) is 1. The van der Waals surface area contributed by atoms with Gasteiger partial charge in [-0.2, -0.15) is 13.2 Å². The second kappa shape index (κ2) is 9.48. The van der Waals surface area contributed by atoms with Crippen LogP contribution < -0.4 is 0 Å². The van der Waals surface area contributed by atoms with Crippen LogP contribution >= 0.6 is 0 Å². The topological polar surface area (TPSA) is 36.7 Å². The van der Waals surface area contributed by atoms with Crippen molar-refractivity contribution in [2.75, 3.05) is 32.7 Å². The number of rotatable bonds is 8. The fraction of sp³-hybridized carbons (Fsp3) is 0.500. The fourth-order valence-corrected chi connectivity index (χ4v) is 3.79. The highest BCUT2D eigenvalue weighted by Gasteiger charge is 2.33. The summed E-state index contributed by atoms with van der Waals surface area (Å²) in [5.41, 5.74) is 0.992. The van der Waals surface area contributed by atoms with E-state index < -0.39 is 12.7 Å². The van der Waals surface area contributed by atoms with Crippen LogP contribution in [0.1, 0.15) is 25.5 Å². The Morgan fingerprint density at radius 3 is 2.66 bits per heavy atom. The van der Waals surface area contributed by atoms with Gasteiger partial charge in [0.05, 0.1) is 6.54 Å². The van der Waals surface area contributed by atoms with Gasteiger partial charge in [0.25, 0.3) is 0 Å². The SMILES string of the molecule is CCN(C[C@@H]1CCN(C(=O)CCc2ccc(-c3ccccc3)o2)C1)CC(F)(F)F. The summed E-state index contributed by atoms with van der Waals surface area (Å²) < 4.78 is 43.7. The van der Waals surface area contributed by atoms with E-state index in [1.54, 1.807) is 11.8 Å². The Balaban J connectivity index is 1.45. The molecule has 158 valence electrons. The normalized spacial score (nSPS) is 17.3. The van der Waals surface area contributed by atoms with Crippen LogP contribution in [0.4, 0.5) is 13.2 Å². The minimum absolute atomic E-state index is 0.0315. The van der Waals surface area contributed by atoms with E-state index in [-0.39, 0.29) is 11.8 Å². The number of nitrogens with zero attached hydrogens (tertiary/aromatic N) is 2. The van der Waals surface area contributed by atoms with Crippen LogP contribution in [0.5, 0.6) is 0 Å². The molecule has 4 nitrogen and oxygen atoms in total. The number of carbonyl (C=O) groups is 1. The average molecular weight is 408 g/mol. The molecule has 0 aliphatic carbocycles. The lowest BCUT2D eigenvalue weighted by Crippen LogP contribution is -2.38. The molecular weight excluding hydrogens is 381 g/mol. The zero-order chi connectivity index (χ0) is 20.9. The third-order valence-electron chi connectivity index (χ3n) is 5.31. The molecule has 0 saturated carbocycles. The summed E-state index contributed by atoms with van der Waals surface area (Å²) >= 11 is 0. The minimum atomic E-state index is -4.19. The molecule has 0 N–H and O–H groups in total. The summed E-state index contributed by atoms with van der Waals surface area (Å²) in [6.45, 7) is 2.71. The quantitative estimate of drug-likeness (QED) is 0.640. The Morgan fingerprint density at radius 2 is 1.97 bits per heavy atom. The van der Waals surface area contributed by atoms with Crippen molar-refractivity contribution in [3.8, 4) is 11.3 Å². The number of furan rings is 1. The molecule has 0 spiro atoms. The first-order valence-electron chi connectivity index (χ1n) is 10.0. The highest BCUT2D eigenvalue weighted by atomic mass is 19.4. The monoisotopic (exact) mass is 408 g/mol. The molecule has 0 bridgehead atoms. The third kappa shape index (κ3) is 6.35. The zero-order valence-electron chi connectivity index (χ0n) is 16.6. The van der Waals surface area contributed by atoms with Crippen LogP contribution in [-0.4, -0.2) is 54.6 Å². The van der Waals surface area contributed by atoms with Crippen molar-refractivity contribution in [3.63, 3.8) is 0 Å². The molecule has 7 heteroatoms. The van der Waals surface area contributed by atoms with E-state index in [1.807, 2.05) is 42.5 Å². The molecule has 2 aromatic rings.